The Morgan fingerprint density at radius 1 is 1.03 bits per heavy atom. The van der Waals surface area contributed by atoms with Gasteiger partial charge in [0, 0.05) is 11.1 Å². The number of hydrogen-bond donors (Lipinski definition) is 2. The first-order chi connectivity index (χ1) is 14.6. The van der Waals surface area contributed by atoms with Gasteiger partial charge < -0.3 is 0 Å². The van der Waals surface area contributed by atoms with Crippen LogP contribution in [-0.4, -0.2) is 22.3 Å². The molecule has 0 aliphatic heterocycles. The van der Waals surface area contributed by atoms with Gasteiger partial charge in [0.15, 0.2) is 0 Å². The van der Waals surface area contributed by atoms with Crippen molar-refractivity contribution in [2.75, 3.05) is 0 Å². The van der Waals surface area contributed by atoms with E-state index in [4.69, 9.17) is 23.2 Å². The highest BCUT2D eigenvalue weighted by Crippen LogP contribution is 2.36. The van der Waals surface area contributed by atoms with Gasteiger partial charge in [0.05, 0.1) is 22.0 Å². The average Bonchev–Trinajstić information content (AvgIpc) is 3.39. The number of carbonyl (C=O) groups is 1. The fourth-order valence-electron chi connectivity index (χ4n) is 3.90. The zero-order valence-corrected chi connectivity index (χ0v) is 17.3. The highest BCUT2D eigenvalue weighted by Gasteiger charge is 2.18. The molecule has 5 rings (SSSR count). The molecule has 1 amide bonds. The Kier molecular flexibility index (Phi) is 4.77. The first kappa shape index (κ1) is 18.9. The van der Waals surface area contributed by atoms with E-state index < -0.39 is 5.91 Å². The molecular weight excluding hydrogens is 419 g/mol. The number of carbonyl (C=O) groups excluding carboxylic acids is 1. The maximum Gasteiger partial charge on any atom is 0.289 e. The molecule has 0 atom stereocenters. The quantitative estimate of drug-likeness (QED) is 0.333. The van der Waals surface area contributed by atoms with Gasteiger partial charge in [-0.25, -0.2) is 5.43 Å². The molecule has 0 spiro atoms. The number of aromatic amines is 1. The Morgan fingerprint density at radius 2 is 1.77 bits per heavy atom. The van der Waals surface area contributed by atoms with Crippen molar-refractivity contribution in [3.63, 3.8) is 0 Å². The number of amides is 1. The summed E-state index contributed by atoms with van der Waals surface area (Å²) in [5.41, 5.74) is 7.78. The minimum absolute atomic E-state index is 0.315. The zero-order valence-electron chi connectivity index (χ0n) is 15.7. The van der Waals surface area contributed by atoms with Crippen molar-refractivity contribution in [1.29, 1.82) is 0 Å². The van der Waals surface area contributed by atoms with Gasteiger partial charge in [-0.1, -0.05) is 59.6 Å². The van der Waals surface area contributed by atoms with Gasteiger partial charge in [-0.05, 0) is 52.9 Å². The molecular formula is C23H16Cl2N4O. The second kappa shape index (κ2) is 7.59. The Hall–Kier alpha value is -3.15. The molecule has 1 aliphatic rings. The van der Waals surface area contributed by atoms with Crippen LogP contribution in [0.2, 0.25) is 10.0 Å². The summed E-state index contributed by atoms with van der Waals surface area (Å²) < 4.78 is 0. The standard InChI is InChI=1S/C23H16Cl2N4O/c24-18-5-2-6-19(25)17(18)12-26-29-23(30)21-11-20(27-28-21)15-10-9-14-8-7-13-3-1-4-16(15)22(13)14/h1-6,9-12H,7-8H2,(H,27,28)(H,29,30)/b26-12-. The van der Waals surface area contributed by atoms with Crippen LogP contribution in [0.25, 0.3) is 22.0 Å². The molecule has 0 fully saturated rings. The van der Waals surface area contributed by atoms with Gasteiger partial charge in [-0.3, -0.25) is 9.89 Å². The number of hydrazone groups is 1. The zero-order chi connectivity index (χ0) is 20.7. The van der Waals surface area contributed by atoms with Crippen LogP contribution in [-0.2, 0) is 12.8 Å². The van der Waals surface area contributed by atoms with E-state index in [1.165, 1.54) is 22.7 Å². The van der Waals surface area contributed by atoms with Crippen molar-refractivity contribution in [3.05, 3.63) is 87.0 Å². The van der Waals surface area contributed by atoms with Gasteiger partial charge in [0.2, 0.25) is 0 Å². The largest absolute Gasteiger partial charge is 0.289 e. The van der Waals surface area contributed by atoms with E-state index in [9.17, 15) is 4.79 Å². The lowest BCUT2D eigenvalue weighted by atomic mass is 9.98. The second-order valence-electron chi connectivity index (χ2n) is 7.11. The first-order valence-electron chi connectivity index (χ1n) is 9.48. The van der Waals surface area contributed by atoms with Crippen molar-refractivity contribution in [2.45, 2.75) is 12.8 Å². The third kappa shape index (κ3) is 3.26. The predicted molar refractivity (Wildman–Crippen MR) is 120 cm³/mol. The normalized spacial score (nSPS) is 12.7. The van der Waals surface area contributed by atoms with Crippen LogP contribution in [0.1, 0.15) is 27.2 Å². The van der Waals surface area contributed by atoms with Gasteiger partial charge in [0.1, 0.15) is 5.69 Å². The molecule has 0 saturated carbocycles. The van der Waals surface area contributed by atoms with E-state index in [-0.39, 0.29) is 0 Å². The van der Waals surface area contributed by atoms with Crippen molar-refractivity contribution in [2.24, 2.45) is 5.10 Å². The van der Waals surface area contributed by atoms with E-state index >= 15 is 0 Å². The van der Waals surface area contributed by atoms with E-state index in [1.807, 2.05) is 0 Å². The van der Waals surface area contributed by atoms with Gasteiger partial charge in [-0.15, -0.1) is 0 Å². The molecule has 0 bridgehead atoms. The van der Waals surface area contributed by atoms with Gasteiger partial charge in [0.25, 0.3) is 5.91 Å². The topological polar surface area (TPSA) is 70.1 Å². The van der Waals surface area contributed by atoms with E-state index in [0.29, 0.717) is 27.0 Å². The van der Waals surface area contributed by atoms with Crippen LogP contribution in [0.4, 0.5) is 0 Å². The predicted octanol–water partition coefficient (Wildman–Crippen LogP) is 5.40. The fraction of sp³-hybridized carbons (Fsp3) is 0.0870. The summed E-state index contributed by atoms with van der Waals surface area (Å²) in [6, 6.07) is 17.5. The number of aryl methyl sites for hydroxylation is 2. The van der Waals surface area contributed by atoms with Crippen molar-refractivity contribution < 1.29 is 4.79 Å². The molecule has 3 aromatic carbocycles. The second-order valence-corrected chi connectivity index (χ2v) is 7.93. The number of nitrogens with one attached hydrogen (secondary N) is 2. The van der Waals surface area contributed by atoms with Crippen LogP contribution < -0.4 is 5.43 Å². The van der Waals surface area contributed by atoms with Crippen LogP contribution in [0.3, 0.4) is 0 Å². The summed E-state index contributed by atoms with van der Waals surface area (Å²) in [7, 11) is 0. The summed E-state index contributed by atoms with van der Waals surface area (Å²) in [5.74, 6) is -0.404. The molecule has 1 aromatic heterocycles. The van der Waals surface area contributed by atoms with Crippen molar-refractivity contribution >= 4 is 46.1 Å². The molecule has 7 heteroatoms. The molecule has 1 heterocycles. The number of benzene rings is 3. The number of nitrogens with zero attached hydrogens (tertiary/aromatic N) is 2. The van der Waals surface area contributed by atoms with E-state index in [1.54, 1.807) is 24.3 Å². The van der Waals surface area contributed by atoms with E-state index in [2.05, 4.69) is 51.1 Å². The summed E-state index contributed by atoms with van der Waals surface area (Å²) in [5, 5.41) is 14.5. The minimum atomic E-state index is -0.404. The third-order valence-electron chi connectivity index (χ3n) is 5.33. The van der Waals surface area contributed by atoms with Gasteiger partial charge in [-0.2, -0.15) is 10.2 Å². The lowest BCUT2D eigenvalue weighted by molar-refractivity contribution is 0.0950. The highest BCUT2D eigenvalue weighted by atomic mass is 35.5. The Balaban J connectivity index is 1.39. The lowest BCUT2D eigenvalue weighted by Crippen LogP contribution is -2.18. The van der Waals surface area contributed by atoms with Crippen molar-refractivity contribution in [3.8, 4) is 11.3 Å². The summed E-state index contributed by atoms with van der Waals surface area (Å²) in [4.78, 5) is 12.5. The maximum absolute atomic E-state index is 12.5. The van der Waals surface area contributed by atoms with E-state index in [0.717, 1.165) is 23.8 Å². The first-order valence-corrected chi connectivity index (χ1v) is 10.2. The van der Waals surface area contributed by atoms with Crippen molar-refractivity contribution in [1.82, 2.24) is 15.6 Å². The fourth-order valence-corrected chi connectivity index (χ4v) is 4.39. The average molecular weight is 435 g/mol. The number of aromatic nitrogens is 2. The molecule has 148 valence electrons. The Bertz CT molecular complexity index is 1300. The van der Waals surface area contributed by atoms with Crippen LogP contribution in [0, 0.1) is 0 Å². The molecule has 2 N–H and O–H groups in total. The summed E-state index contributed by atoms with van der Waals surface area (Å²) in [6.45, 7) is 0. The molecule has 4 aromatic rings. The van der Waals surface area contributed by atoms with Crippen LogP contribution in [0.5, 0.6) is 0 Å². The monoisotopic (exact) mass is 434 g/mol. The molecule has 5 nitrogen and oxygen atoms in total. The summed E-state index contributed by atoms with van der Waals surface area (Å²) in [6.07, 6.45) is 3.55. The minimum Gasteiger partial charge on any atom is -0.272 e. The number of hydrogen-bond acceptors (Lipinski definition) is 3. The molecule has 0 radical (unpaired) electrons. The SMILES string of the molecule is O=C(N/N=C\c1c(Cl)cccc1Cl)c1cc(-c2ccc3c4c(cccc24)CC3)n[nH]1. The number of H-pyrrole nitrogens is 1. The molecule has 0 saturated heterocycles. The Labute approximate surface area is 182 Å². The summed E-state index contributed by atoms with van der Waals surface area (Å²) >= 11 is 12.2. The smallest absolute Gasteiger partial charge is 0.272 e. The molecule has 1 aliphatic carbocycles. The highest BCUT2D eigenvalue weighted by molar-refractivity contribution is 6.38. The third-order valence-corrected chi connectivity index (χ3v) is 5.99. The van der Waals surface area contributed by atoms with Crippen LogP contribution in [0.15, 0.2) is 59.7 Å². The molecule has 30 heavy (non-hydrogen) atoms. The number of rotatable bonds is 4. The maximum atomic E-state index is 12.5. The Morgan fingerprint density at radius 3 is 2.57 bits per heavy atom. The number of halogens is 2. The molecule has 0 unspecified atom stereocenters. The van der Waals surface area contributed by atoms with Gasteiger partial charge >= 0.3 is 0 Å². The lowest BCUT2D eigenvalue weighted by Gasteiger charge is -2.06. The van der Waals surface area contributed by atoms with Crippen LogP contribution >= 0.6 is 23.2 Å².